The molecule has 0 saturated carbocycles. The summed E-state index contributed by atoms with van der Waals surface area (Å²) >= 11 is 0. The van der Waals surface area contributed by atoms with Crippen molar-refractivity contribution in [1.82, 2.24) is 10.2 Å². The first-order valence-corrected chi connectivity index (χ1v) is 7.01. The molecule has 1 N–H and O–H groups in total. The number of rotatable bonds is 3. The van der Waals surface area contributed by atoms with Gasteiger partial charge in [-0.2, -0.15) is 0 Å². The quantitative estimate of drug-likeness (QED) is 0.920. The molecular formula is C15H22N2O3. The summed E-state index contributed by atoms with van der Waals surface area (Å²) in [6.45, 7) is 9.37. The third-order valence-electron chi connectivity index (χ3n) is 3.77. The van der Waals surface area contributed by atoms with Crippen LogP contribution in [0.3, 0.4) is 0 Å². The number of aryl methyl sites for hydroxylation is 1. The van der Waals surface area contributed by atoms with E-state index in [-0.39, 0.29) is 23.8 Å². The highest BCUT2D eigenvalue weighted by Crippen LogP contribution is 2.29. The lowest BCUT2D eigenvalue weighted by Gasteiger charge is -2.42. The molecule has 110 valence electrons. The maximum absolute atomic E-state index is 12.5. The molecule has 3 atom stereocenters. The van der Waals surface area contributed by atoms with Crippen molar-refractivity contribution in [2.75, 3.05) is 0 Å². The fourth-order valence-electron chi connectivity index (χ4n) is 2.72. The van der Waals surface area contributed by atoms with Gasteiger partial charge in [-0.25, -0.2) is 0 Å². The van der Waals surface area contributed by atoms with E-state index < -0.39 is 12.1 Å². The average molecular weight is 278 g/mol. The van der Waals surface area contributed by atoms with Crippen molar-refractivity contribution >= 4 is 11.8 Å². The number of piperazine rings is 1. The fourth-order valence-corrected chi connectivity index (χ4v) is 2.72. The summed E-state index contributed by atoms with van der Waals surface area (Å²) in [5.74, 6) is 1.40. The minimum Gasteiger partial charge on any atom is -0.464 e. The molecular weight excluding hydrogens is 256 g/mol. The van der Waals surface area contributed by atoms with Crippen molar-refractivity contribution in [2.45, 2.75) is 52.7 Å². The SMILES string of the molecule is Cc1ccc(C(C)N2C(=O)C(C)NC(=O)C2C(C)C)o1. The van der Waals surface area contributed by atoms with Gasteiger partial charge in [0.1, 0.15) is 23.6 Å². The maximum Gasteiger partial charge on any atom is 0.246 e. The Bertz CT molecular complexity index is 521. The predicted molar refractivity (Wildman–Crippen MR) is 74.9 cm³/mol. The molecule has 5 heteroatoms. The van der Waals surface area contributed by atoms with E-state index in [4.69, 9.17) is 4.42 Å². The molecule has 2 amide bonds. The minimum absolute atomic E-state index is 0.0463. The van der Waals surface area contributed by atoms with E-state index >= 15 is 0 Å². The first-order chi connectivity index (χ1) is 9.32. The van der Waals surface area contributed by atoms with Gasteiger partial charge in [-0.15, -0.1) is 0 Å². The van der Waals surface area contributed by atoms with Crippen LogP contribution in [-0.4, -0.2) is 28.8 Å². The number of furan rings is 1. The zero-order valence-electron chi connectivity index (χ0n) is 12.6. The molecule has 2 heterocycles. The Morgan fingerprint density at radius 1 is 1.25 bits per heavy atom. The average Bonchev–Trinajstić information content (AvgIpc) is 2.78. The number of hydrogen-bond donors (Lipinski definition) is 1. The van der Waals surface area contributed by atoms with Gasteiger partial charge < -0.3 is 14.6 Å². The lowest BCUT2D eigenvalue weighted by atomic mass is 9.95. The molecule has 1 aliphatic rings. The normalized spacial score (nSPS) is 25.0. The summed E-state index contributed by atoms with van der Waals surface area (Å²) in [6.07, 6.45) is 0. The van der Waals surface area contributed by atoms with Crippen molar-refractivity contribution in [1.29, 1.82) is 0 Å². The van der Waals surface area contributed by atoms with Crippen molar-refractivity contribution in [2.24, 2.45) is 5.92 Å². The van der Waals surface area contributed by atoms with E-state index in [1.807, 2.05) is 39.8 Å². The molecule has 0 aromatic carbocycles. The molecule has 0 aliphatic carbocycles. The van der Waals surface area contributed by atoms with Crippen LogP contribution in [0.5, 0.6) is 0 Å². The number of nitrogens with one attached hydrogen (secondary N) is 1. The third-order valence-corrected chi connectivity index (χ3v) is 3.77. The second kappa shape index (κ2) is 5.31. The van der Waals surface area contributed by atoms with Crippen LogP contribution in [0.1, 0.15) is 45.3 Å². The lowest BCUT2D eigenvalue weighted by Crippen LogP contribution is -2.64. The Labute approximate surface area is 119 Å². The van der Waals surface area contributed by atoms with Gasteiger partial charge in [0.15, 0.2) is 0 Å². The number of nitrogens with zero attached hydrogens (tertiary/aromatic N) is 1. The van der Waals surface area contributed by atoms with Gasteiger partial charge in [0.2, 0.25) is 11.8 Å². The molecule has 1 saturated heterocycles. The molecule has 20 heavy (non-hydrogen) atoms. The zero-order chi connectivity index (χ0) is 15.0. The van der Waals surface area contributed by atoms with Crippen LogP contribution < -0.4 is 5.32 Å². The zero-order valence-corrected chi connectivity index (χ0v) is 12.6. The van der Waals surface area contributed by atoms with Gasteiger partial charge in [-0.3, -0.25) is 9.59 Å². The van der Waals surface area contributed by atoms with Gasteiger partial charge in [-0.05, 0) is 38.8 Å². The van der Waals surface area contributed by atoms with Gasteiger partial charge in [-0.1, -0.05) is 13.8 Å². The monoisotopic (exact) mass is 278 g/mol. The van der Waals surface area contributed by atoms with Gasteiger partial charge in [0.05, 0.1) is 6.04 Å². The Morgan fingerprint density at radius 2 is 1.90 bits per heavy atom. The summed E-state index contributed by atoms with van der Waals surface area (Å²) in [5.41, 5.74) is 0. The predicted octanol–water partition coefficient (Wildman–Crippen LogP) is 2.02. The van der Waals surface area contributed by atoms with E-state index in [9.17, 15) is 9.59 Å². The van der Waals surface area contributed by atoms with Crippen LogP contribution in [0.15, 0.2) is 16.5 Å². The standard InChI is InChI=1S/C15H22N2O3/c1-8(2)13-14(18)16-10(4)15(19)17(13)11(5)12-7-6-9(3)20-12/h6-8,10-11,13H,1-5H3,(H,16,18). The van der Waals surface area contributed by atoms with Crippen molar-refractivity contribution in [3.8, 4) is 0 Å². The van der Waals surface area contributed by atoms with Crippen LogP contribution in [0.25, 0.3) is 0 Å². The molecule has 5 nitrogen and oxygen atoms in total. The second-order valence-electron chi connectivity index (χ2n) is 5.79. The molecule has 1 aromatic heterocycles. The van der Waals surface area contributed by atoms with E-state index in [0.717, 1.165) is 5.76 Å². The van der Waals surface area contributed by atoms with Crippen molar-refractivity contribution in [3.05, 3.63) is 23.7 Å². The van der Waals surface area contributed by atoms with Crippen LogP contribution in [0.4, 0.5) is 0 Å². The highest BCUT2D eigenvalue weighted by Gasteiger charge is 2.43. The first-order valence-electron chi connectivity index (χ1n) is 7.01. The smallest absolute Gasteiger partial charge is 0.246 e. The Balaban J connectivity index is 2.37. The summed E-state index contributed by atoms with van der Waals surface area (Å²) < 4.78 is 5.62. The number of hydrogen-bond acceptors (Lipinski definition) is 3. The minimum atomic E-state index is -0.490. The molecule has 0 bridgehead atoms. The molecule has 1 aliphatic heterocycles. The summed E-state index contributed by atoms with van der Waals surface area (Å²) in [4.78, 5) is 26.3. The number of amides is 2. The van der Waals surface area contributed by atoms with Crippen molar-refractivity contribution in [3.63, 3.8) is 0 Å². The Kier molecular flexibility index (Phi) is 3.88. The van der Waals surface area contributed by atoms with Gasteiger partial charge in [0.25, 0.3) is 0 Å². The van der Waals surface area contributed by atoms with Crippen molar-refractivity contribution < 1.29 is 14.0 Å². The topological polar surface area (TPSA) is 62.6 Å². The largest absolute Gasteiger partial charge is 0.464 e. The summed E-state index contributed by atoms with van der Waals surface area (Å²) in [5, 5.41) is 2.74. The molecule has 0 spiro atoms. The van der Waals surface area contributed by atoms with Gasteiger partial charge >= 0.3 is 0 Å². The lowest BCUT2D eigenvalue weighted by molar-refractivity contribution is -0.153. The highest BCUT2D eigenvalue weighted by atomic mass is 16.3. The molecule has 3 unspecified atom stereocenters. The van der Waals surface area contributed by atoms with Crippen LogP contribution in [-0.2, 0) is 9.59 Å². The van der Waals surface area contributed by atoms with E-state index in [2.05, 4.69) is 5.32 Å². The first kappa shape index (κ1) is 14.6. The number of carbonyl (C=O) groups is 2. The Morgan fingerprint density at radius 3 is 2.40 bits per heavy atom. The van der Waals surface area contributed by atoms with Gasteiger partial charge in [0, 0.05) is 0 Å². The molecule has 0 radical (unpaired) electrons. The molecule has 1 fully saturated rings. The van der Waals surface area contributed by atoms with E-state index in [1.165, 1.54) is 0 Å². The van der Waals surface area contributed by atoms with Crippen LogP contribution >= 0.6 is 0 Å². The second-order valence-corrected chi connectivity index (χ2v) is 5.79. The Hall–Kier alpha value is -1.78. The van der Waals surface area contributed by atoms with E-state index in [1.54, 1.807) is 11.8 Å². The highest BCUT2D eigenvalue weighted by molar-refractivity contribution is 5.97. The van der Waals surface area contributed by atoms with Crippen LogP contribution in [0, 0.1) is 12.8 Å². The molecule has 1 aromatic rings. The summed E-state index contributed by atoms with van der Waals surface area (Å²) in [7, 11) is 0. The third kappa shape index (κ3) is 2.44. The van der Waals surface area contributed by atoms with Crippen LogP contribution in [0.2, 0.25) is 0 Å². The number of carbonyl (C=O) groups excluding carboxylic acids is 2. The fraction of sp³-hybridized carbons (Fsp3) is 0.600. The molecule has 2 rings (SSSR count). The summed E-state index contributed by atoms with van der Waals surface area (Å²) in [6, 6.07) is 2.53. The maximum atomic E-state index is 12.5. The van der Waals surface area contributed by atoms with E-state index in [0.29, 0.717) is 5.76 Å².